The molecule has 0 spiro atoms. The summed E-state index contributed by atoms with van der Waals surface area (Å²) in [5.74, 6) is 0.0631. The molecule has 1 aliphatic heterocycles. The van der Waals surface area contributed by atoms with E-state index in [1.807, 2.05) is 5.38 Å². The normalized spacial score (nSPS) is 20.8. The smallest absolute Gasteiger partial charge is 0.316 e. The van der Waals surface area contributed by atoms with Crippen molar-refractivity contribution in [2.45, 2.75) is 37.7 Å². The first-order valence-electron chi connectivity index (χ1n) is 8.44. The Hall–Kier alpha value is -1.87. The molecule has 0 radical (unpaired) electrons. The number of amides is 3. The minimum atomic E-state index is -0.968. The first-order valence-corrected chi connectivity index (χ1v) is 9.32. The lowest BCUT2D eigenvalue weighted by Gasteiger charge is -2.28. The summed E-state index contributed by atoms with van der Waals surface area (Å²) in [6, 6.07) is -0.229. The maximum atomic E-state index is 12.4. The Morgan fingerprint density at radius 3 is 2.84 bits per heavy atom. The van der Waals surface area contributed by atoms with E-state index in [1.54, 1.807) is 19.0 Å². The lowest BCUT2D eigenvalue weighted by Crippen LogP contribution is -2.46. The number of aliphatic hydroxyl groups is 1. The highest BCUT2D eigenvalue weighted by Gasteiger charge is 2.32. The maximum Gasteiger partial charge on any atom is 0.316 e. The van der Waals surface area contributed by atoms with Crippen molar-refractivity contribution in [3.05, 3.63) is 11.1 Å². The molecule has 0 bridgehead atoms. The van der Waals surface area contributed by atoms with Crippen LogP contribution >= 0.6 is 11.3 Å². The quantitative estimate of drug-likeness (QED) is 0.706. The minimum absolute atomic E-state index is 0.0631. The molecule has 0 unspecified atom stereocenters. The summed E-state index contributed by atoms with van der Waals surface area (Å²) in [6.45, 7) is 1.32. The van der Waals surface area contributed by atoms with Crippen LogP contribution in [-0.2, 0) is 11.2 Å². The number of rotatable bonds is 5. The van der Waals surface area contributed by atoms with E-state index in [0.717, 1.165) is 5.69 Å². The fourth-order valence-electron chi connectivity index (χ4n) is 2.83. The zero-order valence-corrected chi connectivity index (χ0v) is 15.6. The number of urea groups is 1. The van der Waals surface area contributed by atoms with Crippen LogP contribution in [0.15, 0.2) is 5.38 Å². The van der Waals surface area contributed by atoms with Crippen LogP contribution in [0, 0.1) is 0 Å². The van der Waals surface area contributed by atoms with E-state index in [2.05, 4.69) is 10.3 Å². The summed E-state index contributed by atoms with van der Waals surface area (Å²) in [5.41, 5.74) is 5.47. The fraction of sp³-hybridized carbons (Fsp3) is 0.688. The predicted molar refractivity (Wildman–Crippen MR) is 97.3 cm³/mol. The van der Waals surface area contributed by atoms with Gasteiger partial charge in [0.1, 0.15) is 0 Å². The molecule has 0 saturated carbocycles. The SMILES string of the molecule is CN(C)C(=O)NC[C@]1(O)CCCN(C(=O)CCc2csc(N)n2)CC1. The van der Waals surface area contributed by atoms with Gasteiger partial charge >= 0.3 is 6.03 Å². The van der Waals surface area contributed by atoms with Gasteiger partial charge in [-0.25, -0.2) is 9.78 Å². The molecule has 2 rings (SSSR count). The fourth-order valence-corrected chi connectivity index (χ4v) is 3.43. The number of hydrogen-bond donors (Lipinski definition) is 3. The van der Waals surface area contributed by atoms with Crippen LogP contribution in [0.4, 0.5) is 9.93 Å². The largest absolute Gasteiger partial charge is 0.388 e. The summed E-state index contributed by atoms with van der Waals surface area (Å²) in [4.78, 5) is 31.4. The van der Waals surface area contributed by atoms with Gasteiger partial charge in [0.25, 0.3) is 0 Å². The van der Waals surface area contributed by atoms with E-state index >= 15 is 0 Å². The van der Waals surface area contributed by atoms with Crippen molar-refractivity contribution < 1.29 is 14.7 Å². The summed E-state index contributed by atoms with van der Waals surface area (Å²) in [7, 11) is 3.31. The van der Waals surface area contributed by atoms with Crippen LogP contribution in [0.5, 0.6) is 0 Å². The molecule has 8 nitrogen and oxygen atoms in total. The number of aromatic nitrogens is 1. The Kier molecular flexibility index (Phi) is 6.60. The third kappa shape index (κ3) is 5.86. The summed E-state index contributed by atoms with van der Waals surface area (Å²) < 4.78 is 0. The molecular weight excluding hydrogens is 342 g/mol. The number of carbonyl (C=O) groups is 2. The van der Waals surface area contributed by atoms with Gasteiger partial charge in [0.05, 0.1) is 11.3 Å². The summed E-state index contributed by atoms with van der Waals surface area (Å²) in [6.07, 6.45) is 2.69. The molecule has 1 saturated heterocycles. The molecule has 140 valence electrons. The number of likely N-dealkylation sites (tertiary alicyclic amines) is 1. The third-order valence-electron chi connectivity index (χ3n) is 4.41. The second-order valence-electron chi connectivity index (χ2n) is 6.69. The van der Waals surface area contributed by atoms with Gasteiger partial charge in [-0.3, -0.25) is 4.79 Å². The van der Waals surface area contributed by atoms with Crippen LogP contribution in [-0.4, -0.2) is 71.2 Å². The standard InChI is InChI=1S/C16H27N5O3S/c1-20(2)15(23)18-11-16(24)6-3-8-21(9-7-16)13(22)5-4-12-10-25-14(17)19-12/h10,24H,3-9,11H2,1-2H3,(H2,17,19)(H,18,23)/t16-/m0/s1. The highest BCUT2D eigenvalue weighted by Crippen LogP contribution is 2.22. The van der Waals surface area contributed by atoms with Crippen LogP contribution in [0.25, 0.3) is 0 Å². The molecule has 1 aliphatic rings. The van der Waals surface area contributed by atoms with Crippen LogP contribution in [0.2, 0.25) is 0 Å². The number of anilines is 1. The number of nitrogens with one attached hydrogen (secondary N) is 1. The number of nitrogens with two attached hydrogens (primary N) is 1. The number of hydrogen-bond acceptors (Lipinski definition) is 6. The number of carbonyl (C=O) groups excluding carboxylic acids is 2. The number of nitrogen functional groups attached to an aromatic ring is 1. The Balaban J connectivity index is 1.81. The van der Waals surface area contributed by atoms with Crippen LogP contribution < -0.4 is 11.1 Å². The van der Waals surface area contributed by atoms with Crippen molar-refractivity contribution in [3.63, 3.8) is 0 Å². The van der Waals surface area contributed by atoms with E-state index in [0.29, 0.717) is 50.3 Å². The molecule has 9 heteroatoms. The molecule has 4 N–H and O–H groups in total. The first-order chi connectivity index (χ1) is 11.8. The zero-order chi connectivity index (χ0) is 18.4. The highest BCUT2D eigenvalue weighted by molar-refractivity contribution is 7.13. The third-order valence-corrected chi connectivity index (χ3v) is 5.13. The summed E-state index contributed by atoms with van der Waals surface area (Å²) in [5, 5.41) is 15.8. The van der Waals surface area contributed by atoms with Gasteiger partial charge in [-0.1, -0.05) is 0 Å². The Morgan fingerprint density at radius 2 is 2.20 bits per heavy atom. The number of nitrogens with zero attached hydrogens (tertiary/aromatic N) is 3. The van der Waals surface area contributed by atoms with E-state index < -0.39 is 5.60 Å². The van der Waals surface area contributed by atoms with Crippen molar-refractivity contribution in [1.82, 2.24) is 20.1 Å². The molecule has 1 atom stereocenters. The van der Waals surface area contributed by atoms with Crippen molar-refractivity contribution in [3.8, 4) is 0 Å². The predicted octanol–water partition coefficient (Wildman–Crippen LogP) is 0.673. The molecule has 25 heavy (non-hydrogen) atoms. The van der Waals surface area contributed by atoms with E-state index in [4.69, 9.17) is 5.73 Å². The maximum absolute atomic E-state index is 12.4. The van der Waals surface area contributed by atoms with Gasteiger partial charge in [0.2, 0.25) is 5.91 Å². The molecule has 1 aromatic rings. The van der Waals surface area contributed by atoms with Crippen molar-refractivity contribution in [1.29, 1.82) is 0 Å². The van der Waals surface area contributed by atoms with Gasteiger partial charge in [0, 0.05) is 45.5 Å². The monoisotopic (exact) mass is 369 g/mol. The average Bonchev–Trinajstić information content (AvgIpc) is 2.88. The molecule has 1 fully saturated rings. The van der Waals surface area contributed by atoms with Crippen LogP contribution in [0.1, 0.15) is 31.4 Å². The number of thiazole rings is 1. The molecule has 1 aromatic heterocycles. The van der Waals surface area contributed by atoms with Crippen molar-refractivity contribution >= 4 is 28.4 Å². The Bertz CT molecular complexity index is 606. The van der Waals surface area contributed by atoms with E-state index in [1.165, 1.54) is 16.2 Å². The van der Waals surface area contributed by atoms with Gasteiger partial charge in [-0.05, 0) is 25.7 Å². The van der Waals surface area contributed by atoms with Gasteiger partial charge in [0.15, 0.2) is 5.13 Å². The van der Waals surface area contributed by atoms with Crippen LogP contribution in [0.3, 0.4) is 0 Å². The molecular formula is C16H27N5O3S. The van der Waals surface area contributed by atoms with E-state index in [-0.39, 0.29) is 18.5 Å². The van der Waals surface area contributed by atoms with Gasteiger partial charge in [-0.2, -0.15) is 0 Å². The molecule has 3 amide bonds. The highest BCUT2D eigenvalue weighted by atomic mass is 32.1. The average molecular weight is 369 g/mol. The lowest BCUT2D eigenvalue weighted by molar-refractivity contribution is -0.131. The number of aryl methyl sites for hydroxylation is 1. The molecule has 0 aromatic carbocycles. The second-order valence-corrected chi connectivity index (χ2v) is 7.58. The van der Waals surface area contributed by atoms with Gasteiger partial charge in [-0.15, -0.1) is 11.3 Å². The Morgan fingerprint density at radius 1 is 1.44 bits per heavy atom. The zero-order valence-electron chi connectivity index (χ0n) is 14.8. The second kappa shape index (κ2) is 8.48. The summed E-state index contributed by atoms with van der Waals surface area (Å²) >= 11 is 1.38. The molecule has 0 aliphatic carbocycles. The lowest BCUT2D eigenvalue weighted by atomic mass is 9.95. The first kappa shape index (κ1) is 19.5. The topological polar surface area (TPSA) is 112 Å². The van der Waals surface area contributed by atoms with Crippen molar-refractivity contribution in [2.75, 3.05) is 39.5 Å². The minimum Gasteiger partial charge on any atom is -0.388 e. The van der Waals surface area contributed by atoms with Crippen molar-refractivity contribution in [2.24, 2.45) is 0 Å². The Labute approximate surface area is 152 Å². The molecule has 2 heterocycles. The van der Waals surface area contributed by atoms with Gasteiger partial charge < -0.3 is 26.0 Å². The van der Waals surface area contributed by atoms with E-state index in [9.17, 15) is 14.7 Å².